The van der Waals surface area contributed by atoms with Crippen molar-refractivity contribution in [1.29, 1.82) is 0 Å². The first-order valence-electron chi connectivity index (χ1n) is 12.8. The summed E-state index contributed by atoms with van der Waals surface area (Å²) in [7, 11) is 0. The minimum atomic E-state index is -1.10. The fourth-order valence-corrected chi connectivity index (χ4v) is 4.64. The van der Waals surface area contributed by atoms with Gasteiger partial charge in [-0.05, 0) is 68.9 Å². The van der Waals surface area contributed by atoms with Gasteiger partial charge in [0.2, 0.25) is 5.91 Å². The van der Waals surface area contributed by atoms with Crippen LogP contribution in [0.25, 0.3) is 0 Å². The number of unbranched alkanes of at least 4 members (excludes halogenated alkanes) is 1. The van der Waals surface area contributed by atoms with Crippen LogP contribution >= 0.6 is 0 Å². The highest BCUT2D eigenvalue weighted by Crippen LogP contribution is 2.23. The Kier molecular flexibility index (Phi) is 10.4. The first-order valence-corrected chi connectivity index (χ1v) is 12.8. The van der Waals surface area contributed by atoms with Crippen LogP contribution in [-0.4, -0.2) is 53.7 Å². The Balaban J connectivity index is 1.27. The van der Waals surface area contributed by atoms with E-state index in [1.807, 2.05) is 0 Å². The Morgan fingerprint density at radius 1 is 1.09 bits per heavy atom. The van der Waals surface area contributed by atoms with Crippen LogP contribution in [0.4, 0.5) is 10.6 Å². The van der Waals surface area contributed by atoms with Crippen LogP contribution in [0.15, 0.2) is 12.1 Å². The molecule has 1 unspecified atom stereocenters. The van der Waals surface area contributed by atoms with E-state index in [0.717, 1.165) is 63.0 Å². The van der Waals surface area contributed by atoms with Gasteiger partial charge in [-0.15, -0.1) is 0 Å². The normalized spacial score (nSPS) is 16.6. The Bertz CT molecular complexity index is 826. The molecule has 1 aliphatic carbocycles. The molecule has 0 saturated heterocycles. The number of carbonyl (C=O) groups is 3. The number of aryl methyl sites for hydroxylation is 2. The minimum absolute atomic E-state index is 0.106. The SMILES string of the molecule is O=C(CCCCc1ccc2c(n1)NCCC2)NCCC(NC(=O)NCC1CCCCC1)C(=O)O. The molecule has 5 N–H and O–H groups in total. The molecule has 1 aliphatic heterocycles. The molecule has 0 bridgehead atoms. The number of nitrogens with zero attached hydrogens (tertiary/aromatic N) is 1. The van der Waals surface area contributed by atoms with E-state index in [0.29, 0.717) is 18.9 Å². The number of carboxylic acids is 1. The second-order valence-corrected chi connectivity index (χ2v) is 9.44. The Labute approximate surface area is 201 Å². The fourth-order valence-electron chi connectivity index (χ4n) is 4.64. The molecule has 2 heterocycles. The summed E-state index contributed by atoms with van der Waals surface area (Å²) in [5.41, 5.74) is 2.30. The van der Waals surface area contributed by atoms with Crippen LogP contribution in [0.3, 0.4) is 0 Å². The van der Waals surface area contributed by atoms with E-state index in [9.17, 15) is 19.5 Å². The molecule has 2 aliphatic rings. The molecular weight excluding hydrogens is 434 g/mol. The van der Waals surface area contributed by atoms with Crippen molar-refractivity contribution in [3.8, 4) is 0 Å². The van der Waals surface area contributed by atoms with Crippen LogP contribution < -0.4 is 21.3 Å². The highest BCUT2D eigenvalue weighted by molar-refractivity contribution is 5.82. The number of amides is 3. The van der Waals surface area contributed by atoms with Crippen LogP contribution in [0.1, 0.15) is 75.5 Å². The summed E-state index contributed by atoms with van der Waals surface area (Å²) >= 11 is 0. The van der Waals surface area contributed by atoms with Gasteiger partial charge in [0.25, 0.3) is 0 Å². The molecule has 1 fully saturated rings. The van der Waals surface area contributed by atoms with E-state index in [4.69, 9.17) is 0 Å². The molecule has 188 valence electrons. The van der Waals surface area contributed by atoms with Crippen LogP contribution in [-0.2, 0) is 22.4 Å². The molecule has 9 nitrogen and oxygen atoms in total. The minimum Gasteiger partial charge on any atom is -0.480 e. The standard InChI is InChI=1S/C25H39N5O4/c31-22(11-5-4-10-20-13-12-19-9-6-15-27-23(19)29-20)26-16-14-21(24(32)33)30-25(34)28-17-18-7-2-1-3-8-18/h12-13,18,21H,1-11,14-17H2,(H,26,31)(H,27,29)(H,32,33)(H2,28,30,34). The average Bonchev–Trinajstić information content (AvgIpc) is 2.85. The molecule has 1 aromatic rings. The van der Waals surface area contributed by atoms with Gasteiger partial charge in [-0.3, -0.25) is 4.79 Å². The predicted molar refractivity (Wildman–Crippen MR) is 131 cm³/mol. The average molecular weight is 474 g/mol. The molecule has 0 spiro atoms. The summed E-state index contributed by atoms with van der Waals surface area (Å²) in [4.78, 5) is 40.4. The number of carboxylic acid groups (broad SMARTS) is 1. The molecule has 1 aromatic heterocycles. The number of hydrogen-bond donors (Lipinski definition) is 5. The summed E-state index contributed by atoms with van der Waals surface area (Å²) in [5.74, 6) is 0.257. The van der Waals surface area contributed by atoms with Gasteiger partial charge < -0.3 is 26.4 Å². The van der Waals surface area contributed by atoms with Crippen molar-refractivity contribution in [2.45, 2.75) is 83.1 Å². The summed E-state index contributed by atoms with van der Waals surface area (Å²) < 4.78 is 0. The number of aromatic nitrogens is 1. The Morgan fingerprint density at radius 2 is 1.91 bits per heavy atom. The molecule has 1 atom stereocenters. The van der Waals surface area contributed by atoms with Crippen molar-refractivity contribution in [3.05, 3.63) is 23.4 Å². The number of pyridine rings is 1. The molecule has 1 saturated carbocycles. The number of urea groups is 1. The molecule has 0 aromatic carbocycles. The third-order valence-corrected chi connectivity index (χ3v) is 6.67. The lowest BCUT2D eigenvalue weighted by Gasteiger charge is -2.22. The van der Waals surface area contributed by atoms with Crippen LogP contribution in [0.2, 0.25) is 0 Å². The van der Waals surface area contributed by atoms with Crippen molar-refractivity contribution < 1.29 is 19.5 Å². The van der Waals surface area contributed by atoms with E-state index in [2.05, 4.69) is 38.4 Å². The van der Waals surface area contributed by atoms with Gasteiger partial charge in [0.15, 0.2) is 0 Å². The van der Waals surface area contributed by atoms with Crippen molar-refractivity contribution in [1.82, 2.24) is 20.9 Å². The van der Waals surface area contributed by atoms with Gasteiger partial charge in [-0.25, -0.2) is 14.6 Å². The summed E-state index contributed by atoms with van der Waals surface area (Å²) in [5, 5.41) is 20.8. The highest BCUT2D eigenvalue weighted by Gasteiger charge is 2.21. The molecule has 34 heavy (non-hydrogen) atoms. The second kappa shape index (κ2) is 13.8. The topological polar surface area (TPSA) is 132 Å². The number of nitrogens with one attached hydrogen (secondary N) is 4. The van der Waals surface area contributed by atoms with Gasteiger partial charge in [0.05, 0.1) is 0 Å². The zero-order valence-electron chi connectivity index (χ0n) is 20.0. The third kappa shape index (κ3) is 8.83. The summed E-state index contributed by atoms with van der Waals surface area (Å²) in [6.45, 7) is 1.75. The van der Waals surface area contributed by atoms with Gasteiger partial charge in [0.1, 0.15) is 11.9 Å². The van der Waals surface area contributed by atoms with Crippen LogP contribution in [0, 0.1) is 5.92 Å². The Hall–Kier alpha value is -2.84. The van der Waals surface area contributed by atoms with Crippen molar-refractivity contribution in [3.63, 3.8) is 0 Å². The maximum Gasteiger partial charge on any atom is 0.326 e. The lowest BCUT2D eigenvalue weighted by molar-refractivity contribution is -0.139. The largest absolute Gasteiger partial charge is 0.480 e. The number of carbonyl (C=O) groups excluding carboxylic acids is 2. The number of anilines is 1. The molecule has 3 rings (SSSR count). The first kappa shape index (κ1) is 25.8. The first-order chi connectivity index (χ1) is 16.5. The van der Waals surface area contributed by atoms with E-state index in [1.54, 1.807) is 0 Å². The smallest absolute Gasteiger partial charge is 0.326 e. The lowest BCUT2D eigenvalue weighted by Crippen LogP contribution is -2.48. The van der Waals surface area contributed by atoms with Gasteiger partial charge in [0, 0.05) is 31.7 Å². The number of aliphatic carboxylic acids is 1. The zero-order valence-corrected chi connectivity index (χ0v) is 20.0. The number of hydrogen-bond acceptors (Lipinski definition) is 5. The van der Waals surface area contributed by atoms with Crippen molar-refractivity contribution in [2.24, 2.45) is 5.92 Å². The second-order valence-electron chi connectivity index (χ2n) is 9.44. The van der Waals surface area contributed by atoms with Crippen molar-refractivity contribution >= 4 is 23.7 Å². The van der Waals surface area contributed by atoms with E-state index in [1.165, 1.54) is 24.8 Å². The van der Waals surface area contributed by atoms with E-state index < -0.39 is 18.0 Å². The number of rotatable bonds is 12. The monoisotopic (exact) mass is 473 g/mol. The fraction of sp³-hybridized carbons (Fsp3) is 0.680. The van der Waals surface area contributed by atoms with Gasteiger partial charge in [-0.2, -0.15) is 0 Å². The van der Waals surface area contributed by atoms with Gasteiger partial charge in [-0.1, -0.05) is 25.3 Å². The van der Waals surface area contributed by atoms with Crippen LogP contribution in [0.5, 0.6) is 0 Å². The quantitative estimate of drug-likeness (QED) is 0.297. The number of fused-ring (bicyclic) bond motifs is 1. The highest BCUT2D eigenvalue weighted by atomic mass is 16.4. The molecule has 9 heteroatoms. The third-order valence-electron chi connectivity index (χ3n) is 6.67. The maximum atomic E-state index is 12.1. The van der Waals surface area contributed by atoms with E-state index >= 15 is 0 Å². The molecule has 0 radical (unpaired) electrons. The summed E-state index contributed by atoms with van der Waals surface area (Å²) in [6, 6.07) is 2.71. The van der Waals surface area contributed by atoms with E-state index in [-0.39, 0.29) is 18.9 Å². The predicted octanol–water partition coefficient (Wildman–Crippen LogP) is 2.99. The maximum absolute atomic E-state index is 12.1. The zero-order chi connectivity index (χ0) is 24.2. The molecular formula is C25H39N5O4. The van der Waals surface area contributed by atoms with Crippen molar-refractivity contribution in [2.75, 3.05) is 25.0 Å². The summed E-state index contributed by atoms with van der Waals surface area (Å²) in [6.07, 6.45) is 11.0. The molecule has 3 amide bonds. The van der Waals surface area contributed by atoms with Gasteiger partial charge >= 0.3 is 12.0 Å². The Morgan fingerprint density at radius 3 is 2.71 bits per heavy atom. The lowest BCUT2D eigenvalue weighted by atomic mass is 9.89.